The predicted octanol–water partition coefficient (Wildman–Crippen LogP) is 3.22. The summed E-state index contributed by atoms with van der Waals surface area (Å²) in [5.41, 5.74) is 0. The molecule has 7 heteroatoms. The van der Waals surface area contributed by atoms with Gasteiger partial charge in [-0.15, -0.1) is 24.0 Å². The highest BCUT2D eigenvalue weighted by atomic mass is 127. The van der Waals surface area contributed by atoms with E-state index in [0.717, 1.165) is 44.7 Å². The van der Waals surface area contributed by atoms with E-state index in [2.05, 4.69) is 58.6 Å². The summed E-state index contributed by atoms with van der Waals surface area (Å²) >= 11 is 0. The molecule has 2 unspecified atom stereocenters. The number of rotatable bonds is 7. The van der Waals surface area contributed by atoms with Gasteiger partial charge in [-0.1, -0.05) is 6.92 Å². The maximum Gasteiger partial charge on any atom is 0.194 e. The number of likely N-dealkylation sites (tertiary alicyclic amines) is 1. The van der Waals surface area contributed by atoms with Crippen molar-refractivity contribution >= 4 is 29.9 Å². The maximum absolute atomic E-state index is 4.98. The van der Waals surface area contributed by atoms with Crippen LogP contribution in [0.25, 0.3) is 0 Å². The minimum Gasteiger partial charge on any atom is -0.357 e. The summed E-state index contributed by atoms with van der Waals surface area (Å²) in [6, 6.07) is 1.88. The molecule has 0 bridgehead atoms. The summed E-state index contributed by atoms with van der Waals surface area (Å²) in [5.74, 6) is 1.73. The minimum atomic E-state index is 0. The quantitative estimate of drug-likeness (QED) is 0.364. The number of nitrogens with one attached hydrogen (secondary N) is 1. The number of aromatic nitrogens is 2. The Balaban J connectivity index is 0.00000261. The lowest BCUT2D eigenvalue weighted by Gasteiger charge is -2.39. The highest BCUT2D eigenvalue weighted by Crippen LogP contribution is 2.29. The zero-order valence-corrected chi connectivity index (χ0v) is 19.7. The van der Waals surface area contributed by atoms with E-state index in [9.17, 15) is 0 Å². The van der Waals surface area contributed by atoms with Crippen molar-refractivity contribution in [3.8, 4) is 0 Å². The molecule has 0 spiro atoms. The van der Waals surface area contributed by atoms with Gasteiger partial charge in [0.05, 0.1) is 18.9 Å². The Bertz CT molecular complexity index is 567. The Labute approximate surface area is 181 Å². The predicted molar refractivity (Wildman–Crippen MR) is 123 cm³/mol. The van der Waals surface area contributed by atoms with E-state index in [1.165, 1.54) is 19.3 Å². The lowest BCUT2D eigenvalue weighted by Crippen LogP contribution is -2.49. The van der Waals surface area contributed by atoms with Gasteiger partial charge in [0, 0.05) is 50.7 Å². The van der Waals surface area contributed by atoms with E-state index >= 15 is 0 Å². The molecule has 27 heavy (non-hydrogen) atoms. The summed E-state index contributed by atoms with van der Waals surface area (Å²) in [7, 11) is 0. The van der Waals surface area contributed by atoms with Crippen LogP contribution < -0.4 is 5.32 Å². The fourth-order valence-corrected chi connectivity index (χ4v) is 4.06. The van der Waals surface area contributed by atoms with Crippen molar-refractivity contribution in [3.05, 3.63) is 18.7 Å². The topological polar surface area (TPSA) is 48.7 Å². The summed E-state index contributed by atoms with van der Waals surface area (Å²) in [6.07, 6.45) is 9.82. The largest absolute Gasteiger partial charge is 0.357 e. The molecule has 1 aromatic heterocycles. The van der Waals surface area contributed by atoms with Crippen LogP contribution in [0.2, 0.25) is 0 Å². The molecule has 1 saturated carbocycles. The van der Waals surface area contributed by atoms with Crippen LogP contribution >= 0.6 is 24.0 Å². The SMILES string of the molecule is CCNC(=NCCN(C(C)C)C1CC1)N1CCC(C)C(n2ccnc2)C1.I. The van der Waals surface area contributed by atoms with Crippen molar-refractivity contribution in [2.24, 2.45) is 10.9 Å². The second-order valence-electron chi connectivity index (χ2n) is 8.09. The van der Waals surface area contributed by atoms with Gasteiger partial charge in [-0.2, -0.15) is 0 Å². The first-order valence-corrected chi connectivity index (χ1v) is 10.4. The third-order valence-electron chi connectivity index (χ3n) is 5.76. The molecular formula is C20H37IN6. The third-order valence-corrected chi connectivity index (χ3v) is 5.76. The monoisotopic (exact) mass is 488 g/mol. The Morgan fingerprint density at radius 3 is 2.70 bits per heavy atom. The van der Waals surface area contributed by atoms with E-state index in [1.54, 1.807) is 0 Å². The van der Waals surface area contributed by atoms with Gasteiger partial charge in [0.25, 0.3) is 0 Å². The minimum absolute atomic E-state index is 0. The zero-order chi connectivity index (χ0) is 18.5. The molecule has 0 radical (unpaired) electrons. The lowest BCUT2D eigenvalue weighted by atomic mass is 9.93. The Morgan fingerprint density at radius 1 is 1.33 bits per heavy atom. The van der Waals surface area contributed by atoms with Crippen LogP contribution in [0.3, 0.4) is 0 Å². The van der Waals surface area contributed by atoms with Crippen molar-refractivity contribution in [1.29, 1.82) is 0 Å². The summed E-state index contributed by atoms with van der Waals surface area (Å²) in [4.78, 5) is 14.3. The van der Waals surface area contributed by atoms with Crippen molar-refractivity contribution in [2.75, 3.05) is 32.7 Å². The van der Waals surface area contributed by atoms with E-state index in [0.29, 0.717) is 18.0 Å². The van der Waals surface area contributed by atoms with Gasteiger partial charge in [-0.05, 0) is 46.0 Å². The summed E-state index contributed by atoms with van der Waals surface area (Å²) in [5, 5.41) is 3.51. The van der Waals surface area contributed by atoms with Crippen molar-refractivity contribution < 1.29 is 0 Å². The third kappa shape index (κ3) is 6.07. The Morgan fingerprint density at radius 2 is 2.11 bits per heavy atom. The van der Waals surface area contributed by atoms with E-state index < -0.39 is 0 Å². The number of piperidine rings is 1. The molecule has 1 N–H and O–H groups in total. The first-order valence-electron chi connectivity index (χ1n) is 10.4. The first kappa shape index (κ1) is 22.5. The molecule has 3 rings (SSSR count). The molecule has 2 fully saturated rings. The number of hydrogen-bond acceptors (Lipinski definition) is 3. The van der Waals surface area contributed by atoms with E-state index in [-0.39, 0.29) is 24.0 Å². The van der Waals surface area contributed by atoms with Crippen molar-refractivity contribution in [2.45, 2.75) is 65.1 Å². The number of nitrogens with zero attached hydrogens (tertiary/aromatic N) is 5. The van der Waals surface area contributed by atoms with Crippen LogP contribution in [-0.2, 0) is 0 Å². The van der Waals surface area contributed by atoms with Gasteiger partial charge < -0.3 is 14.8 Å². The average Bonchev–Trinajstić information content (AvgIpc) is 3.30. The normalized spacial score (nSPS) is 23.6. The number of hydrogen-bond donors (Lipinski definition) is 1. The van der Waals surface area contributed by atoms with Crippen LogP contribution in [0.1, 0.15) is 53.0 Å². The molecule has 6 nitrogen and oxygen atoms in total. The van der Waals surface area contributed by atoms with Crippen LogP contribution in [0, 0.1) is 5.92 Å². The maximum atomic E-state index is 4.98. The van der Waals surface area contributed by atoms with E-state index in [1.807, 2.05) is 12.5 Å². The fourth-order valence-electron chi connectivity index (χ4n) is 4.06. The standard InChI is InChI=1S/C20H36N6.HI/c1-5-22-20(23-10-13-26(16(2)3)18-6-7-18)24-11-8-17(4)19(14-24)25-12-9-21-15-25;/h9,12,15-19H,5-8,10-11,13-14H2,1-4H3,(H,22,23);1H. The second-order valence-corrected chi connectivity index (χ2v) is 8.09. The molecule has 1 aliphatic heterocycles. The van der Waals surface area contributed by atoms with Crippen molar-refractivity contribution in [1.82, 2.24) is 24.7 Å². The number of halogens is 1. The Hall–Kier alpha value is -0.830. The molecular weight excluding hydrogens is 451 g/mol. The molecule has 2 heterocycles. The molecule has 1 aliphatic carbocycles. The van der Waals surface area contributed by atoms with Crippen molar-refractivity contribution in [3.63, 3.8) is 0 Å². The van der Waals surface area contributed by atoms with Crippen LogP contribution in [-0.4, -0.2) is 70.1 Å². The van der Waals surface area contributed by atoms with Gasteiger partial charge in [0.2, 0.25) is 0 Å². The van der Waals surface area contributed by atoms with Gasteiger partial charge in [-0.25, -0.2) is 4.98 Å². The summed E-state index contributed by atoms with van der Waals surface area (Å²) in [6.45, 7) is 14.0. The van der Waals surface area contributed by atoms with Gasteiger partial charge in [0.15, 0.2) is 5.96 Å². The van der Waals surface area contributed by atoms with E-state index in [4.69, 9.17) is 4.99 Å². The molecule has 0 aromatic carbocycles. The van der Waals surface area contributed by atoms with Gasteiger partial charge in [0.1, 0.15) is 0 Å². The fraction of sp³-hybridized carbons (Fsp3) is 0.800. The molecule has 2 atom stereocenters. The Kier molecular flexibility index (Phi) is 8.85. The molecule has 1 saturated heterocycles. The van der Waals surface area contributed by atoms with Crippen LogP contribution in [0.15, 0.2) is 23.7 Å². The first-order chi connectivity index (χ1) is 12.6. The molecule has 0 amide bonds. The average molecular weight is 488 g/mol. The van der Waals surface area contributed by atoms with Crippen LogP contribution in [0.5, 0.6) is 0 Å². The zero-order valence-electron chi connectivity index (χ0n) is 17.3. The number of guanidine groups is 1. The van der Waals surface area contributed by atoms with Gasteiger partial charge in [-0.3, -0.25) is 9.89 Å². The second kappa shape index (κ2) is 10.6. The summed E-state index contributed by atoms with van der Waals surface area (Å²) < 4.78 is 2.26. The number of aliphatic imine (C=N–C) groups is 1. The highest BCUT2D eigenvalue weighted by Gasteiger charge is 2.31. The highest BCUT2D eigenvalue weighted by molar-refractivity contribution is 14.0. The molecule has 1 aromatic rings. The molecule has 154 valence electrons. The smallest absolute Gasteiger partial charge is 0.194 e. The van der Waals surface area contributed by atoms with Crippen LogP contribution in [0.4, 0.5) is 0 Å². The van der Waals surface area contributed by atoms with Gasteiger partial charge >= 0.3 is 0 Å². The molecule has 2 aliphatic rings. The lowest BCUT2D eigenvalue weighted by molar-refractivity contribution is 0.188. The number of imidazole rings is 1.